The Bertz CT molecular complexity index is 652. The van der Waals surface area contributed by atoms with Crippen LogP contribution in [0.1, 0.15) is 63.4 Å². The van der Waals surface area contributed by atoms with E-state index in [1.807, 2.05) is 0 Å². The number of nitrogens with zero attached hydrogens (tertiary/aromatic N) is 3. The Kier molecular flexibility index (Phi) is 5.45. The number of hydrogen-bond donors (Lipinski definition) is 2. The van der Waals surface area contributed by atoms with E-state index < -0.39 is 5.97 Å². The molecule has 26 heavy (non-hydrogen) atoms. The van der Waals surface area contributed by atoms with E-state index in [0.29, 0.717) is 12.1 Å². The van der Waals surface area contributed by atoms with Crippen molar-refractivity contribution in [1.82, 2.24) is 20.0 Å². The summed E-state index contributed by atoms with van der Waals surface area (Å²) in [4.78, 5) is 13.3. The molecule has 0 atom stereocenters. The van der Waals surface area contributed by atoms with Gasteiger partial charge in [0.25, 0.3) is 0 Å². The molecule has 0 aromatic carbocycles. The highest BCUT2D eigenvalue weighted by atomic mass is 16.4. The summed E-state index contributed by atoms with van der Waals surface area (Å²) < 4.78 is 2.12. The lowest BCUT2D eigenvalue weighted by Gasteiger charge is -2.43. The molecule has 0 spiro atoms. The average Bonchev–Trinajstić information content (AvgIpc) is 3.23. The molecule has 1 aromatic rings. The number of carboxylic acids is 1. The Balaban J connectivity index is 1.51. The van der Waals surface area contributed by atoms with Crippen molar-refractivity contribution < 1.29 is 9.90 Å². The van der Waals surface area contributed by atoms with Gasteiger partial charge in [-0.1, -0.05) is 0 Å². The van der Waals surface area contributed by atoms with Crippen molar-refractivity contribution in [3.63, 3.8) is 0 Å². The van der Waals surface area contributed by atoms with Crippen molar-refractivity contribution in [1.29, 1.82) is 0 Å². The Morgan fingerprint density at radius 2 is 1.96 bits per heavy atom. The second-order valence-electron chi connectivity index (χ2n) is 9.20. The summed E-state index contributed by atoms with van der Waals surface area (Å²) in [6.07, 6.45) is 4.62. The zero-order chi connectivity index (χ0) is 19.1. The standard InChI is InChI=1S/C20H34N4O2/c1-13-18(14(2)24(22-13)20(3,4)5)10-21-16-8-17(9-16)23(12-19(25)26)11-15-6-7-15/h15-17,21H,6-12H2,1-5H3,(H,25,26). The van der Waals surface area contributed by atoms with Crippen LogP contribution in [-0.2, 0) is 16.9 Å². The first kappa shape index (κ1) is 19.4. The molecule has 0 saturated heterocycles. The monoisotopic (exact) mass is 362 g/mol. The number of nitrogens with one attached hydrogen (secondary N) is 1. The maximum absolute atomic E-state index is 11.1. The molecule has 146 valence electrons. The highest BCUT2D eigenvalue weighted by molar-refractivity contribution is 5.69. The summed E-state index contributed by atoms with van der Waals surface area (Å²) in [5, 5.41) is 17.5. The Morgan fingerprint density at radius 1 is 1.31 bits per heavy atom. The quantitative estimate of drug-likeness (QED) is 0.744. The van der Waals surface area contributed by atoms with Crippen molar-refractivity contribution in [3.05, 3.63) is 17.0 Å². The van der Waals surface area contributed by atoms with Gasteiger partial charge in [-0.3, -0.25) is 14.4 Å². The Hall–Kier alpha value is -1.40. The van der Waals surface area contributed by atoms with Gasteiger partial charge in [0.15, 0.2) is 0 Å². The molecule has 2 N–H and O–H groups in total. The van der Waals surface area contributed by atoms with Gasteiger partial charge in [-0.2, -0.15) is 5.10 Å². The third-order valence-corrected chi connectivity index (χ3v) is 5.80. The van der Waals surface area contributed by atoms with E-state index in [1.54, 1.807) is 0 Å². The molecule has 2 saturated carbocycles. The molecule has 1 aromatic heterocycles. The largest absolute Gasteiger partial charge is 0.480 e. The van der Waals surface area contributed by atoms with Crippen LogP contribution in [-0.4, -0.2) is 50.9 Å². The lowest BCUT2D eigenvalue weighted by atomic mass is 9.85. The van der Waals surface area contributed by atoms with Gasteiger partial charge in [0.1, 0.15) is 0 Å². The summed E-state index contributed by atoms with van der Waals surface area (Å²) in [5.41, 5.74) is 3.62. The summed E-state index contributed by atoms with van der Waals surface area (Å²) >= 11 is 0. The second kappa shape index (κ2) is 7.31. The first-order chi connectivity index (χ1) is 12.1. The molecule has 0 bridgehead atoms. The predicted octanol–water partition coefficient (Wildman–Crippen LogP) is 2.67. The average molecular weight is 363 g/mol. The maximum Gasteiger partial charge on any atom is 0.317 e. The van der Waals surface area contributed by atoms with Crippen LogP contribution in [0.4, 0.5) is 0 Å². The molecule has 6 heteroatoms. The van der Waals surface area contributed by atoms with Gasteiger partial charge in [0.05, 0.1) is 17.8 Å². The highest BCUT2D eigenvalue weighted by Crippen LogP contribution is 2.34. The van der Waals surface area contributed by atoms with Gasteiger partial charge < -0.3 is 10.4 Å². The summed E-state index contributed by atoms with van der Waals surface area (Å²) in [7, 11) is 0. The van der Waals surface area contributed by atoms with E-state index in [0.717, 1.165) is 37.5 Å². The van der Waals surface area contributed by atoms with Crippen molar-refractivity contribution >= 4 is 5.97 Å². The molecule has 1 heterocycles. The fourth-order valence-electron chi connectivity index (χ4n) is 4.03. The maximum atomic E-state index is 11.1. The number of aryl methyl sites for hydroxylation is 1. The van der Waals surface area contributed by atoms with E-state index in [4.69, 9.17) is 10.2 Å². The van der Waals surface area contributed by atoms with Crippen molar-refractivity contribution in [3.8, 4) is 0 Å². The number of hydrogen-bond acceptors (Lipinski definition) is 4. The minimum absolute atomic E-state index is 0.00516. The fourth-order valence-corrected chi connectivity index (χ4v) is 4.03. The lowest BCUT2D eigenvalue weighted by Crippen LogP contribution is -2.54. The van der Waals surface area contributed by atoms with Crippen LogP contribution in [0, 0.1) is 19.8 Å². The number of rotatable bonds is 8. The van der Waals surface area contributed by atoms with Crippen LogP contribution in [0.3, 0.4) is 0 Å². The molecule has 0 unspecified atom stereocenters. The molecule has 0 amide bonds. The molecule has 0 aliphatic heterocycles. The second-order valence-corrected chi connectivity index (χ2v) is 9.20. The topological polar surface area (TPSA) is 70.4 Å². The molecule has 2 aliphatic rings. The first-order valence-electron chi connectivity index (χ1n) is 9.90. The lowest BCUT2D eigenvalue weighted by molar-refractivity contribution is -0.139. The molecule has 3 rings (SSSR count). The van der Waals surface area contributed by atoms with Gasteiger partial charge in [-0.25, -0.2) is 0 Å². The minimum atomic E-state index is -0.706. The van der Waals surface area contributed by atoms with Crippen molar-refractivity contribution in [2.24, 2.45) is 5.92 Å². The third-order valence-electron chi connectivity index (χ3n) is 5.80. The minimum Gasteiger partial charge on any atom is -0.480 e. The Labute approximate surface area is 156 Å². The molecular weight excluding hydrogens is 328 g/mol. The zero-order valence-corrected chi connectivity index (χ0v) is 16.9. The molecule has 2 aliphatic carbocycles. The number of aliphatic carboxylic acids is 1. The van der Waals surface area contributed by atoms with Gasteiger partial charge >= 0.3 is 5.97 Å². The first-order valence-corrected chi connectivity index (χ1v) is 9.90. The van der Waals surface area contributed by atoms with Gasteiger partial charge in [0.2, 0.25) is 0 Å². The smallest absolute Gasteiger partial charge is 0.317 e. The van der Waals surface area contributed by atoms with E-state index in [1.165, 1.54) is 24.1 Å². The summed E-state index contributed by atoms with van der Waals surface area (Å²) in [6, 6.07) is 0.899. The van der Waals surface area contributed by atoms with Crippen LogP contribution in [0.5, 0.6) is 0 Å². The van der Waals surface area contributed by atoms with E-state index in [9.17, 15) is 4.79 Å². The van der Waals surface area contributed by atoms with Crippen LogP contribution < -0.4 is 5.32 Å². The van der Waals surface area contributed by atoms with Crippen LogP contribution in [0.2, 0.25) is 0 Å². The van der Waals surface area contributed by atoms with Crippen LogP contribution in [0.15, 0.2) is 0 Å². The summed E-state index contributed by atoms with van der Waals surface area (Å²) in [5.74, 6) is 0.0257. The Morgan fingerprint density at radius 3 is 2.46 bits per heavy atom. The number of carboxylic acid groups (broad SMARTS) is 1. The van der Waals surface area contributed by atoms with Gasteiger partial charge in [-0.15, -0.1) is 0 Å². The van der Waals surface area contributed by atoms with Crippen molar-refractivity contribution in [2.75, 3.05) is 13.1 Å². The molecule has 2 fully saturated rings. The normalized spacial score (nSPS) is 23.3. The predicted molar refractivity (Wildman–Crippen MR) is 102 cm³/mol. The van der Waals surface area contributed by atoms with Gasteiger partial charge in [-0.05, 0) is 66.2 Å². The SMILES string of the molecule is Cc1nn(C(C)(C)C)c(C)c1CNC1CC(N(CC(=O)O)CC2CC2)C1. The van der Waals surface area contributed by atoms with Crippen molar-refractivity contribution in [2.45, 2.75) is 84.5 Å². The fraction of sp³-hybridized carbons (Fsp3) is 0.800. The third kappa shape index (κ3) is 4.46. The number of aromatic nitrogens is 2. The van der Waals surface area contributed by atoms with E-state index in [2.05, 4.69) is 49.5 Å². The molecule has 0 radical (unpaired) electrons. The molecule has 6 nitrogen and oxygen atoms in total. The molecular formula is C20H34N4O2. The summed E-state index contributed by atoms with van der Waals surface area (Å²) in [6.45, 7) is 12.7. The van der Waals surface area contributed by atoms with E-state index in [-0.39, 0.29) is 12.1 Å². The highest BCUT2D eigenvalue weighted by Gasteiger charge is 2.37. The zero-order valence-electron chi connectivity index (χ0n) is 16.9. The van der Waals surface area contributed by atoms with Crippen LogP contribution >= 0.6 is 0 Å². The van der Waals surface area contributed by atoms with Gasteiger partial charge in [0, 0.05) is 36.4 Å². The van der Waals surface area contributed by atoms with Crippen LogP contribution in [0.25, 0.3) is 0 Å². The number of carbonyl (C=O) groups is 1. The van der Waals surface area contributed by atoms with E-state index >= 15 is 0 Å².